The van der Waals surface area contributed by atoms with Gasteiger partial charge in [0.15, 0.2) is 11.6 Å². The van der Waals surface area contributed by atoms with E-state index in [1.165, 1.54) is 24.5 Å². The van der Waals surface area contributed by atoms with E-state index in [4.69, 9.17) is 9.47 Å². The molecule has 3 aliphatic heterocycles. The van der Waals surface area contributed by atoms with Crippen LogP contribution in [0.5, 0.6) is 11.5 Å². The first-order valence-corrected chi connectivity index (χ1v) is 17.6. The number of nitrogens with one attached hydrogen (secondary N) is 1. The molecule has 3 aliphatic rings. The van der Waals surface area contributed by atoms with Gasteiger partial charge in [0.1, 0.15) is 17.9 Å². The Morgan fingerprint density at radius 2 is 1.91 bits per heavy atom. The average Bonchev–Trinajstić information content (AvgIpc) is 2.98. The molecular weight excluding hydrogens is 599 g/mol. The van der Waals surface area contributed by atoms with Gasteiger partial charge in [-0.05, 0) is 91.6 Å². The van der Waals surface area contributed by atoms with Gasteiger partial charge in [0, 0.05) is 43.7 Å². The molecule has 0 aliphatic carbocycles. The zero-order valence-electron chi connectivity index (χ0n) is 27.0. The Morgan fingerprint density at radius 3 is 2.53 bits per heavy atom. The highest BCUT2D eigenvalue weighted by Gasteiger charge is 2.46. The summed E-state index contributed by atoms with van der Waals surface area (Å²) in [6.07, 6.45) is 6.95. The zero-order chi connectivity index (χ0) is 32.4. The van der Waals surface area contributed by atoms with Crippen LogP contribution in [0.2, 0.25) is 0 Å². The van der Waals surface area contributed by atoms with Gasteiger partial charge in [-0.15, -0.1) is 0 Å². The van der Waals surface area contributed by atoms with Gasteiger partial charge in [-0.2, -0.15) is 0 Å². The highest BCUT2D eigenvalue weighted by Crippen LogP contribution is 2.45. The lowest BCUT2D eigenvalue weighted by molar-refractivity contribution is -0.0299. The summed E-state index contributed by atoms with van der Waals surface area (Å²) >= 11 is 0. The molecule has 4 heterocycles. The highest BCUT2D eigenvalue weighted by molar-refractivity contribution is 7.90. The standard InChI is InChI=1S/C32H47FN6O5S/c1-6-39(22(2)3)31(40)27-15-24(33)7-10-28(27)44-29-16-34-21-35-30(29)38-19-32(20-38)11-13-37(14-12-32)17-26-9-8-25(18-43-26)36-45(41,42)23(4)5/h7,10,15-16,21-23,25-26,36H,6,8-9,11-14,17-20H2,1-5H3/t25-,26+/m1/s1. The van der Waals surface area contributed by atoms with Gasteiger partial charge < -0.3 is 24.2 Å². The second kappa shape index (κ2) is 13.9. The fourth-order valence-corrected chi connectivity index (χ4v) is 7.46. The van der Waals surface area contributed by atoms with Crippen molar-refractivity contribution in [2.45, 2.75) is 83.7 Å². The Kier molecular flexibility index (Phi) is 10.3. The van der Waals surface area contributed by atoms with E-state index in [1.54, 1.807) is 24.9 Å². The number of rotatable bonds is 11. The predicted molar refractivity (Wildman–Crippen MR) is 171 cm³/mol. The van der Waals surface area contributed by atoms with Crippen LogP contribution in [0.15, 0.2) is 30.7 Å². The fourth-order valence-electron chi connectivity index (χ4n) is 6.53. The van der Waals surface area contributed by atoms with Crippen LogP contribution < -0.4 is 14.4 Å². The SMILES string of the molecule is CCN(C(=O)c1cc(F)ccc1Oc1cncnc1N1CC2(CCN(C[C@@H]3CC[C@@H](NS(=O)(=O)C(C)C)CO3)CC2)C1)C(C)C. The van der Waals surface area contributed by atoms with E-state index in [1.807, 2.05) is 20.8 Å². The van der Waals surface area contributed by atoms with Crippen molar-refractivity contribution < 1.29 is 27.1 Å². The quantitative estimate of drug-likeness (QED) is 0.386. The molecular formula is C32H47FN6O5S. The van der Waals surface area contributed by atoms with E-state index in [2.05, 4.69) is 24.5 Å². The first kappa shape index (κ1) is 33.5. The number of halogens is 1. The van der Waals surface area contributed by atoms with Crippen molar-refractivity contribution in [1.29, 1.82) is 0 Å². The molecule has 248 valence electrons. The fraction of sp³-hybridized carbons (Fsp3) is 0.656. The number of carbonyl (C=O) groups is 1. The van der Waals surface area contributed by atoms with Crippen LogP contribution in [-0.2, 0) is 14.8 Å². The average molecular weight is 647 g/mol. The van der Waals surface area contributed by atoms with Crippen LogP contribution in [0.4, 0.5) is 10.2 Å². The Hall–Kier alpha value is -2.87. The molecule has 0 unspecified atom stereocenters. The van der Waals surface area contributed by atoms with Crippen LogP contribution >= 0.6 is 0 Å². The summed E-state index contributed by atoms with van der Waals surface area (Å²) in [6.45, 7) is 14.5. The third-order valence-electron chi connectivity index (χ3n) is 9.33. The summed E-state index contributed by atoms with van der Waals surface area (Å²) in [5.74, 6) is 0.578. The summed E-state index contributed by atoms with van der Waals surface area (Å²) in [7, 11) is -3.30. The molecule has 13 heteroatoms. The predicted octanol–water partition coefficient (Wildman–Crippen LogP) is 4.06. The lowest BCUT2D eigenvalue weighted by Gasteiger charge is -2.54. The van der Waals surface area contributed by atoms with Crippen molar-refractivity contribution in [1.82, 2.24) is 24.5 Å². The minimum Gasteiger partial charge on any atom is -0.451 e. The van der Waals surface area contributed by atoms with Crippen LogP contribution in [0.25, 0.3) is 0 Å². The maximum Gasteiger partial charge on any atom is 0.257 e. The molecule has 0 bridgehead atoms. The van der Waals surface area contributed by atoms with Gasteiger partial charge in [0.25, 0.3) is 5.91 Å². The number of sulfonamides is 1. The van der Waals surface area contributed by atoms with Crippen molar-refractivity contribution >= 4 is 21.7 Å². The smallest absolute Gasteiger partial charge is 0.257 e. The van der Waals surface area contributed by atoms with Crippen molar-refractivity contribution in [3.63, 3.8) is 0 Å². The summed E-state index contributed by atoms with van der Waals surface area (Å²) in [4.78, 5) is 28.3. The molecule has 45 heavy (non-hydrogen) atoms. The van der Waals surface area contributed by atoms with Crippen molar-refractivity contribution in [2.75, 3.05) is 50.8 Å². The monoisotopic (exact) mass is 646 g/mol. The second-order valence-electron chi connectivity index (χ2n) is 13.2. The molecule has 1 amide bonds. The van der Waals surface area contributed by atoms with Crippen molar-refractivity contribution in [2.24, 2.45) is 5.41 Å². The lowest BCUT2D eigenvalue weighted by atomic mass is 9.72. The Bertz CT molecular complexity index is 1430. The van der Waals surface area contributed by atoms with E-state index < -0.39 is 21.1 Å². The number of carbonyl (C=O) groups excluding carboxylic acids is 1. The first-order valence-electron chi connectivity index (χ1n) is 16.1. The topological polar surface area (TPSA) is 117 Å². The molecule has 0 radical (unpaired) electrons. The molecule has 5 rings (SSSR count). The summed E-state index contributed by atoms with van der Waals surface area (Å²) in [6, 6.07) is 3.80. The van der Waals surface area contributed by atoms with Gasteiger partial charge in [-0.3, -0.25) is 4.79 Å². The van der Waals surface area contributed by atoms with Crippen LogP contribution in [0.1, 0.15) is 70.7 Å². The number of aromatic nitrogens is 2. The van der Waals surface area contributed by atoms with Crippen molar-refractivity contribution in [3.05, 3.63) is 42.1 Å². The number of benzene rings is 1. The number of hydrogen-bond acceptors (Lipinski definition) is 9. The first-order chi connectivity index (χ1) is 21.4. The third-order valence-corrected chi connectivity index (χ3v) is 11.2. The van der Waals surface area contributed by atoms with E-state index in [0.29, 0.717) is 24.7 Å². The summed E-state index contributed by atoms with van der Waals surface area (Å²) < 4.78 is 53.7. The maximum atomic E-state index is 14.2. The largest absolute Gasteiger partial charge is 0.451 e. The van der Waals surface area contributed by atoms with Crippen LogP contribution in [-0.4, -0.2) is 103 Å². The highest BCUT2D eigenvalue weighted by atomic mass is 32.2. The van der Waals surface area contributed by atoms with E-state index in [0.717, 1.165) is 58.4 Å². The molecule has 1 N–H and O–H groups in total. The number of nitrogens with zero attached hydrogens (tertiary/aromatic N) is 5. The summed E-state index contributed by atoms with van der Waals surface area (Å²) in [5, 5.41) is -0.452. The second-order valence-corrected chi connectivity index (χ2v) is 15.5. The number of anilines is 1. The van der Waals surface area contributed by atoms with Gasteiger partial charge in [0.2, 0.25) is 10.0 Å². The van der Waals surface area contributed by atoms with Crippen LogP contribution in [0, 0.1) is 11.2 Å². The number of piperidine rings is 1. The number of likely N-dealkylation sites (tertiary alicyclic amines) is 1. The van der Waals surface area contributed by atoms with E-state index in [-0.39, 0.29) is 40.8 Å². The van der Waals surface area contributed by atoms with Crippen LogP contribution in [0.3, 0.4) is 0 Å². The third kappa shape index (κ3) is 7.75. The van der Waals surface area contributed by atoms with Gasteiger partial charge >= 0.3 is 0 Å². The van der Waals surface area contributed by atoms with Gasteiger partial charge in [-0.25, -0.2) is 27.5 Å². The molecule has 2 aromatic rings. The normalized spacial score (nSPS) is 22.1. The van der Waals surface area contributed by atoms with E-state index in [9.17, 15) is 17.6 Å². The van der Waals surface area contributed by atoms with E-state index >= 15 is 0 Å². The molecule has 1 spiro atoms. The Morgan fingerprint density at radius 1 is 1.18 bits per heavy atom. The maximum absolute atomic E-state index is 14.2. The minimum absolute atomic E-state index is 0.0431. The number of hydrogen-bond donors (Lipinski definition) is 1. The lowest BCUT2D eigenvalue weighted by Crippen LogP contribution is -2.61. The molecule has 2 atom stereocenters. The minimum atomic E-state index is -3.30. The Labute approximate surface area is 266 Å². The summed E-state index contributed by atoms with van der Waals surface area (Å²) in [5.41, 5.74) is 0.365. The zero-order valence-corrected chi connectivity index (χ0v) is 27.9. The molecule has 3 fully saturated rings. The van der Waals surface area contributed by atoms with Crippen molar-refractivity contribution in [3.8, 4) is 11.5 Å². The molecule has 3 saturated heterocycles. The Balaban J connectivity index is 1.15. The number of amides is 1. The number of ether oxygens (including phenoxy) is 2. The molecule has 1 aromatic carbocycles. The van der Waals surface area contributed by atoms with Gasteiger partial charge in [0.05, 0.1) is 29.7 Å². The molecule has 11 nitrogen and oxygen atoms in total. The molecule has 1 aromatic heterocycles. The van der Waals surface area contributed by atoms with Gasteiger partial charge in [-0.1, -0.05) is 0 Å². The molecule has 0 saturated carbocycles.